The molecule has 0 unspecified atom stereocenters. The SMILES string of the molecule is Cc1ccc(C(=O)O)c(C(=O)O)n1. The molecule has 1 heterocycles. The van der Waals surface area contributed by atoms with Gasteiger partial charge in [-0.25, -0.2) is 14.6 Å². The Hall–Kier alpha value is -1.91. The number of pyridine rings is 1. The molecule has 0 saturated heterocycles. The van der Waals surface area contributed by atoms with Crippen LogP contribution >= 0.6 is 0 Å². The summed E-state index contributed by atoms with van der Waals surface area (Å²) in [6.07, 6.45) is 0. The fraction of sp³-hybridized carbons (Fsp3) is 0.125. The molecule has 0 aliphatic rings. The molecule has 0 aromatic carbocycles. The minimum absolute atomic E-state index is 0.293. The molecule has 13 heavy (non-hydrogen) atoms. The predicted molar refractivity (Wildman–Crippen MR) is 42.9 cm³/mol. The van der Waals surface area contributed by atoms with Crippen LogP contribution in [0.4, 0.5) is 0 Å². The molecular weight excluding hydrogens is 174 g/mol. The zero-order valence-electron chi connectivity index (χ0n) is 6.81. The zero-order chi connectivity index (χ0) is 10.0. The smallest absolute Gasteiger partial charge is 0.355 e. The predicted octanol–water partition coefficient (Wildman–Crippen LogP) is 0.786. The highest BCUT2D eigenvalue weighted by atomic mass is 16.4. The minimum Gasteiger partial charge on any atom is -0.478 e. The van der Waals surface area contributed by atoms with Crippen molar-refractivity contribution in [3.63, 3.8) is 0 Å². The van der Waals surface area contributed by atoms with Gasteiger partial charge in [-0.1, -0.05) is 0 Å². The van der Waals surface area contributed by atoms with Crippen LogP contribution in [0, 0.1) is 6.92 Å². The highest BCUT2D eigenvalue weighted by Crippen LogP contribution is 2.07. The molecule has 1 aromatic rings. The fourth-order valence-corrected chi connectivity index (χ4v) is 0.892. The van der Waals surface area contributed by atoms with Crippen molar-refractivity contribution >= 4 is 11.9 Å². The Morgan fingerprint density at radius 1 is 1.23 bits per heavy atom. The molecule has 5 nitrogen and oxygen atoms in total. The van der Waals surface area contributed by atoms with E-state index in [2.05, 4.69) is 4.98 Å². The van der Waals surface area contributed by atoms with E-state index in [1.54, 1.807) is 6.92 Å². The summed E-state index contributed by atoms with van der Waals surface area (Å²) in [4.78, 5) is 24.7. The van der Waals surface area contributed by atoms with Gasteiger partial charge in [0.15, 0.2) is 5.69 Å². The van der Waals surface area contributed by atoms with E-state index >= 15 is 0 Å². The van der Waals surface area contributed by atoms with Gasteiger partial charge in [-0.15, -0.1) is 0 Å². The number of carboxylic acids is 2. The summed E-state index contributed by atoms with van der Waals surface area (Å²) in [5.74, 6) is -2.62. The number of aromatic carboxylic acids is 2. The molecule has 1 rings (SSSR count). The van der Waals surface area contributed by atoms with Crippen molar-refractivity contribution in [2.24, 2.45) is 0 Å². The Kier molecular flexibility index (Phi) is 2.27. The van der Waals surface area contributed by atoms with Crippen LogP contribution in [-0.2, 0) is 0 Å². The standard InChI is InChI=1S/C8H7NO4/c1-4-2-3-5(7(10)11)6(9-4)8(12)13/h2-3H,1H3,(H,10,11)(H,12,13). The van der Waals surface area contributed by atoms with Crippen molar-refractivity contribution in [2.75, 3.05) is 0 Å². The Labute approximate surface area is 73.7 Å². The number of carbonyl (C=O) groups is 2. The lowest BCUT2D eigenvalue weighted by molar-refractivity contribution is 0.0646. The average Bonchev–Trinajstić information content (AvgIpc) is 2.03. The molecule has 2 N–H and O–H groups in total. The van der Waals surface area contributed by atoms with Gasteiger partial charge >= 0.3 is 11.9 Å². The Bertz CT molecular complexity index is 372. The van der Waals surface area contributed by atoms with Gasteiger partial charge in [-0.2, -0.15) is 0 Å². The topological polar surface area (TPSA) is 87.5 Å². The maximum atomic E-state index is 10.6. The van der Waals surface area contributed by atoms with Crippen LogP contribution in [0.5, 0.6) is 0 Å². The summed E-state index contributed by atoms with van der Waals surface area (Å²) >= 11 is 0. The Balaban J connectivity index is 3.35. The van der Waals surface area contributed by atoms with Crippen molar-refractivity contribution in [1.29, 1.82) is 0 Å². The summed E-state index contributed by atoms with van der Waals surface area (Å²) in [5.41, 5.74) is -0.243. The number of aromatic nitrogens is 1. The Morgan fingerprint density at radius 2 is 1.85 bits per heavy atom. The molecular formula is C8H7NO4. The third-order valence-electron chi connectivity index (χ3n) is 1.47. The van der Waals surface area contributed by atoms with Crippen LogP contribution in [-0.4, -0.2) is 27.1 Å². The van der Waals surface area contributed by atoms with E-state index in [-0.39, 0.29) is 5.56 Å². The molecule has 0 saturated carbocycles. The molecule has 0 aliphatic carbocycles. The third kappa shape index (κ3) is 1.81. The molecule has 0 fully saturated rings. The highest BCUT2D eigenvalue weighted by molar-refractivity contribution is 6.00. The monoisotopic (exact) mass is 181 g/mol. The van der Waals surface area contributed by atoms with Gasteiger partial charge in [0, 0.05) is 5.69 Å². The van der Waals surface area contributed by atoms with Gasteiger partial charge < -0.3 is 10.2 Å². The molecule has 0 amide bonds. The molecule has 0 radical (unpaired) electrons. The van der Waals surface area contributed by atoms with Gasteiger partial charge in [0.2, 0.25) is 0 Å². The summed E-state index contributed by atoms with van der Waals surface area (Å²) < 4.78 is 0. The number of carboxylic acid groups (broad SMARTS) is 2. The lowest BCUT2D eigenvalue weighted by Crippen LogP contribution is -2.10. The second-order valence-corrected chi connectivity index (χ2v) is 2.46. The first-order valence-corrected chi connectivity index (χ1v) is 3.46. The molecule has 0 aliphatic heterocycles. The van der Waals surface area contributed by atoms with Gasteiger partial charge in [0.1, 0.15) is 0 Å². The molecule has 0 atom stereocenters. The quantitative estimate of drug-likeness (QED) is 0.704. The zero-order valence-corrected chi connectivity index (χ0v) is 6.81. The maximum Gasteiger partial charge on any atom is 0.355 e. The van der Waals surface area contributed by atoms with Crippen molar-refractivity contribution < 1.29 is 19.8 Å². The van der Waals surface area contributed by atoms with Crippen molar-refractivity contribution in [3.8, 4) is 0 Å². The summed E-state index contributed by atoms with van der Waals surface area (Å²) in [5, 5.41) is 17.2. The fourth-order valence-electron chi connectivity index (χ4n) is 0.892. The van der Waals surface area contributed by atoms with E-state index in [1.165, 1.54) is 12.1 Å². The number of hydrogen-bond donors (Lipinski definition) is 2. The van der Waals surface area contributed by atoms with E-state index < -0.39 is 17.6 Å². The second kappa shape index (κ2) is 3.22. The minimum atomic E-state index is -1.33. The molecule has 1 aromatic heterocycles. The van der Waals surface area contributed by atoms with Crippen LogP contribution in [0.1, 0.15) is 26.5 Å². The summed E-state index contributed by atoms with van der Waals surface area (Å²) in [7, 11) is 0. The van der Waals surface area contributed by atoms with Crippen LogP contribution in [0.15, 0.2) is 12.1 Å². The van der Waals surface area contributed by atoms with Crippen molar-refractivity contribution in [2.45, 2.75) is 6.92 Å². The van der Waals surface area contributed by atoms with E-state index in [1.807, 2.05) is 0 Å². The lowest BCUT2D eigenvalue weighted by Gasteiger charge is -2.00. The molecule has 0 spiro atoms. The molecule has 68 valence electrons. The molecule has 0 bridgehead atoms. The van der Waals surface area contributed by atoms with Crippen molar-refractivity contribution in [1.82, 2.24) is 4.98 Å². The Morgan fingerprint density at radius 3 is 2.31 bits per heavy atom. The first kappa shape index (κ1) is 9.18. The largest absolute Gasteiger partial charge is 0.478 e. The van der Waals surface area contributed by atoms with Crippen LogP contribution in [0.25, 0.3) is 0 Å². The normalized spacial score (nSPS) is 9.62. The van der Waals surface area contributed by atoms with E-state index in [0.717, 1.165) is 0 Å². The van der Waals surface area contributed by atoms with Gasteiger partial charge in [-0.3, -0.25) is 0 Å². The van der Waals surface area contributed by atoms with E-state index in [0.29, 0.717) is 5.69 Å². The van der Waals surface area contributed by atoms with Crippen molar-refractivity contribution in [3.05, 3.63) is 29.1 Å². The van der Waals surface area contributed by atoms with Crippen LogP contribution < -0.4 is 0 Å². The van der Waals surface area contributed by atoms with Gasteiger partial charge in [0.25, 0.3) is 0 Å². The summed E-state index contributed by atoms with van der Waals surface area (Å²) in [6, 6.07) is 2.68. The maximum absolute atomic E-state index is 10.6. The number of hydrogen-bond acceptors (Lipinski definition) is 3. The second-order valence-electron chi connectivity index (χ2n) is 2.46. The lowest BCUT2D eigenvalue weighted by atomic mass is 10.2. The van der Waals surface area contributed by atoms with E-state index in [4.69, 9.17) is 10.2 Å². The number of nitrogens with zero attached hydrogens (tertiary/aromatic N) is 1. The first-order chi connectivity index (χ1) is 6.02. The first-order valence-electron chi connectivity index (χ1n) is 3.46. The molecule has 5 heteroatoms. The number of rotatable bonds is 2. The average molecular weight is 181 g/mol. The van der Waals surface area contributed by atoms with Gasteiger partial charge in [-0.05, 0) is 19.1 Å². The summed E-state index contributed by atoms with van der Waals surface area (Å²) in [6.45, 7) is 1.60. The van der Waals surface area contributed by atoms with Crippen LogP contribution in [0.3, 0.4) is 0 Å². The highest BCUT2D eigenvalue weighted by Gasteiger charge is 2.16. The van der Waals surface area contributed by atoms with Crippen LogP contribution in [0.2, 0.25) is 0 Å². The van der Waals surface area contributed by atoms with E-state index in [9.17, 15) is 9.59 Å². The number of aryl methyl sites for hydroxylation is 1. The third-order valence-corrected chi connectivity index (χ3v) is 1.47. The van der Waals surface area contributed by atoms with Gasteiger partial charge in [0.05, 0.1) is 5.56 Å².